The average molecular weight is 372 g/mol. The molecular weight excluding hydrogens is 356 g/mol. The van der Waals surface area contributed by atoms with E-state index in [9.17, 15) is 14.7 Å². The number of nitrogens with zero attached hydrogens (tertiary/aromatic N) is 1. The predicted octanol–water partition coefficient (Wildman–Crippen LogP) is 4.06. The molecular formula is C18H16N2O5S. The number of benzene rings is 1. The molecule has 2 amide bonds. The Hall–Kier alpha value is -3.26. The van der Waals surface area contributed by atoms with Gasteiger partial charge < -0.3 is 19.6 Å². The number of hydrogen-bond donors (Lipinski definition) is 2. The minimum Gasteiger partial charge on any atom is -0.508 e. The van der Waals surface area contributed by atoms with E-state index in [-0.39, 0.29) is 17.4 Å². The Labute approximate surface area is 152 Å². The van der Waals surface area contributed by atoms with Crippen LogP contribution in [0.1, 0.15) is 5.56 Å². The third kappa shape index (κ3) is 3.27. The van der Waals surface area contributed by atoms with Crippen molar-refractivity contribution in [1.29, 1.82) is 0 Å². The number of nitrogens with one attached hydrogen (secondary N) is 1. The normalized spacial score (nSPS) is 10.5. The number of rotatable bonds is 4. The number of carbonyl (C=O) groups is 1. The third-order valence-corrected chi connectivity index (χ3v) is 4.84. The standard InChI is InChI=1S/C18H16N2O5S/c1-10(21)11-8-15-14(25-17(11)22)9-16(26-15)20(2)18(23)19-12-6-4-5-7-13(12)24-3/h4-9,21H,1H2,2-3H3,(H,19,23). The van der Waals surface area contributed by atoms with Crippen molar-refractivity contribution in [3.05, 3.63) is 59.0 Å². The molecule has 0 unspecified atom stereocenters. The van der Waals surface area contributed by atoms with E-state index in [4.69, 9.17) is 9.15 Å². The quantitative estimate of drug-likeness (QED) is 0.674. The van der Waals surface area contributed by atoms with Crippen LogP contribution >= 0.6 is 11.3 Å². The molecule has 0 fully saturated rings. The number of anilines is 2. The van der Waals surface area contributed by atoms with Crippen LogP contribution in [-0.4, -0.2) is 25.3 Å². The Kier molecular flexibility index (Phi) is 4.68. The molecule has 134 valence electrons. The SMILES string of the molecule is C=C(O)c1cc2sc(N(C)C(=O)Nc3ccccc3OC)cc2oc1=O. The van der Waals surface area contributed by atoms with Crippen LogP contribution in [0.4, 0.5) is 15.5 Å². The summed E-state index contributed by atoms with van der Waals surface area (Å²) in [7, 11) is 3.12. The maximum atomic E-state index is 12.5. The van der Waals surface area contributed by atoms with Crippen molar-refractivity contribution < 1.29 is 19.1 Å². The first-order valence-electron chi connectivity index (χ1n) is 7.54. The van der Waals surface area contributed by atoms with Crippen molar-refractivity contribution in [2.24, 2.45) is 0 Å². The number of thiophene rings is 1. The molecule has 2 heterocycles. The van der Waals surface area contributed by atoms with E-state index in [0.29, 0.717) is 26.7 Å². The van der Waals surface area contributed by atoms with E-state index >= 15 is 0 Å². The molecule has 0 aliphatic heterocycles. The third-order valence-electron chi connectivity index (χ3n) is 3.70. The molecule has 3 rings (SSSR count). The number of hydrogen-bond acceptors (Lipinski definition) is 6. The first-order valence-corrected chi connectivity index (χ1v) is 8.36. The molecule has 0 atom stereocenters. The van der Waals surface area contributed by atoms with Gasteiger partial charge in [-0.25, -0.2) is 9.59 Å². The molecule has 2 aromatic heterocycles. The van der Waals surface area contributed by atoms with Gasteiger partial charge in [-0.15, -0.1) is 11.3 Å². The Balaban J connectivity index is 1.89. The van der Waals surface area contributed by atoms with Crippen molar-refractivity contribution in [3.8, 4) is 5.75 Å². The predicted molar refractivity (Wildman–Crippen MR) is 102 cm³/mol. The second-order valence-corrected chi connectivity index (χ2v) is 6.46. The minimum absolute atomic E-state index is 0.00738. The van der Waals surface area contributed by atoms with Crippen LogP contribution in [0.25, 0.3) is 16.0 Å². The van der Waals surface area contributed by atoms with Crippen LogP contribution in [0.3, 0.4) is 0 Å². The number of aliphatic hydroxyl groups excluding tert-OH is 1. The van der Waals surface area contributed by atoms with Gasteiger partial charge in [0.05, 0.1) is 17.5 Å². The van der Waals surface area contributed by atoms with Gasteiger partial charge >= 0.3 is 11.7 Å². The van der Waals surface area contributed by atoms with Gasteiger partial charge in [-0.3, -0.25) is 4.90 Å². The number of methoxy groups -OCH3 is 1. The Morgan fingerprint density at radius 1 is 1.35 bits per heavy atom. The highest BCUT2D eigenvalue weighted by atomic mass is 32.1. The summed E-state index contributed by atoms with van der Waals surface area (Å²) in [4.78, 5) is 25.7. The number of carbonyl (C=O) groups excluding carboxylic acids is 1. The second kappa shape index (κ2) is 6.93. The van der Waals surface area contributed by atoms with E-state index < -0.39 is 5.63 Å². The van der Waals surface area contributed by atoms with Gasteiger partial charge in [0.25, 0.3) is 0 Å². The van der Waals surface area contributed by atoms with Crippen LogP contribution in [0, 0.1) is 0 Å². The molecule has 0 aliphatic carbocycles. The molecule has 8 heteroatoms. The number of para-hydroxylation sites is 2. The van der Waals surface area contributed by atoms with Gasteiger partial charge in [0.2, 0.25) is 0 Å². The molecule has 1 aromatic carbocycles. The molecule has 0 bridgehead atoms. The molecule has 0 spiro atoms. The van der Waals surface area contributed by atoms with Crippen LogP contribution in [0.15, 0.2) is 52.2 Å². The molecule has 0 aliphatic rings. The van der Waals surface area contributed by atoms with Crippen LogP contribution in [-0.2, 0) is 0 Å². The lowest BCUT2D eigenvalue weighted by Crippen LogP contribution is -2.30. The molecule has 3 aromatic rings. The highest BCUT2D eigenvalue weighted by Gasteiger charge is 2.18. The fraction of sp³-hybridized carbons (Fsp3) is 0.111. The van der Waals surface area contributed by atoms with Crippen LogP contribution in [0.2, 0.25) is 0 Å². The summed E-state index contributed by atoms with van der Waals surface area (Å²) < 4.78 is 11.0. The van der Waals surface area contributed by atoms with Gasteiger partial charge in [-0.2, -0.15) is 0 Å². The van der Waals surface area contributed by atoms with Gasteiger partial charge in [-0.05, 0) is 18.2 Å². The van der Waals surface area contributed by atoms with Crippen LogP contribution in [0.5, 0.6) is 5.75 Å². The Bertz CT molecular complexity index is 1050. The molecule has 26 heavy (non-hydrogen) atoms. The fourth-order valence-corrected chi connectivity index (χ4v) is 3.30. The Morgan fingerprint density at radius 3 is 2.77 bits per heavy atom. The van der Waals surface area contributed by atoms with Crippen molar-refractivity contribution in [2.75, 3.05) is 24.4 Å². The van der Waals surface area contributed by atoms with E-state index in [1.807, 2.05) is 0 Å². The van der Waals surface area contributed by atoms with Crippen molar-refractivity contribution in [2.45, 2.75) is 0 Å². The highest BCUT2D eigenvalue weighted by Crippen LogP contribution is 2.33. The maximum absolute atomic E-state index is 12.5. The molecule has 0 saturated carbocycles. The van der Waals surface area contributed by atoms with Crippen molar-refractivity contribution in [3.63, 3.8) is 0 Å². The molecule has 7 nitrogen and oxygen atoms in total. The average Bonchev–Trinajstić information content (AvgIpc) is 3.03. The van der Waals surface area contributed by atoms with Crippen molar-refractivity contribution >= 4 is 44.1 Å². The van der Waals surface area contributed by atoms with Gasteiger partial charge in [0, 0.05) is 13.1 Å². The zero-order chi connectivity index (χ0) is 18.8. The summed E-state index contributed by atoms with van der Waals surface area (Å²) in [5, 5.41) is 12.8. The first-order chi connectivity index (χ1) is 12.4. The lowest BCUT2D eigenvalue weighted by Gasteiger charge is -2.17. The van der Waals surface area contributed by atoms with E-state index in [1.165, 1.54) is 29.4 Å². The zero-order valence-electron chi connectivity index (χ0n) is 14.1. The van der Waals surface area contributed by atoms with Crippen LogP contribution < -0.4 is 20.6 Å². The van der Waals surface area contributed by atoms with E-state index in [2.05, 4.69) is 11.9 Å². The van der Waals surface area contributed by atoms with E-state index in [0.717, 1.165) is 0 Å². The maximum Gasteiger partial charge on any atom is 0.347 e. The topological polar surface area (TPSA) is 92.0 Å². The number of fused-ring (bicyclic) bond motifs is 1. The lowest BCUT2D eigenvalue weighted by molar-refractivity contribution is 0.258. The summed E-state index contributed by atoms with van der Waals surface area (Å²) in [6, 6.07) is 9.77. The smallest absolute Gasteiger partial charge is 0.347 e. The monoisotopic (exact) mass is 372 g/mol. The molecule has 2 N–H and O–H groups in total. The second-order valence-electron chi connectivity index (χ2n) is 5.40. The lowest BCUT2D eigenvalue weighted by atomic mass is 10.2. The fourth-order valence-electron chi connectivity index (χ4n) is 2.31. The number of amides is 2. The van der Waals surface area contributed by atoms with Crippen molar-refractivity contribution in [1.82, 2.24) is 0 Å². The summed E-state index contributed by atoms with van der Waals surface area (Å²) >= 11 is 1.24. The summed E-state index contributed by atoms with van der Waals surface area (Å²) in [6.07, 6.45) is 0. The van der Waals surface area contributed by atoms with Gasteiger partial charge in [0.1, 0.15) is 22.1 Å². The number of aliphatic hydroxyl groups is 1. The first kappa shape index (κ1) is 17.6. The van der Waals surface area contributed by atoms with Gasteiger partial charge in [0.15, 0.2) is 5.58 Å². The number of urea groups is 1. The highest BCUT2D eigenvalue weighted by molar-refractivity contribution is 7.22. The van der Waals surface area contributed by atoms with E-state index in [1.54, 1.807) is 37.4 Å². The molecule has 0 radical (unpaired) electrons. The summed E-state index contributed by atoms with van der Waals surface area (Å²) in [6.45, 7) is 3.34. The molecule has 0 saturated heterocycles. The largest absolute Gasteiger partial charge is 0.508 e. The minimum atomic E-state index is -0.685. The Morgan fingerprint density at radius 2 is 2.08 bits per heavy atom. The summed E-state index contributed by atoms with van der Waals surface area (Å²) in [5.74, 6) is 0.181. The van der Waals surface area contributed by atoms with Gasteiger partial charge in [-0.1, -0.05) is 18.7 Å². The number of ether oxygens (including phenoxy) is 1. The summed E-state index contributed by atoms with van der Waals surface area (Å²) in [5.41, 5.74) is 0.179. The zero-order valence-corrected chi connectivity index (χ0v) is 14.9.